The van der Waals surface area contributed by atoms with E-state index in [1.165, 1.54) is 11.3 Å². The molecule has 1 aliphatic rings. The van der Waals surface area contributed by atoms with Gasteiger partial charge < -0.3 is 10.1 Å². The minimum atomic E-state index is -0.400. The largest absolute Gasteiger partial charge is 0.366 e. The van der Waals surface area contributed by atoms with E-state index in [1.807, 2.05) is 12.3 Å². The molecule has 2 heterocycles. The lowest BCUT2D eigenvalue weighted by Crippen LogP contribution is -2.45. The van der Waals surface area contributed by atoms with Gasteiger partial charge in [-0.25, -0.2) is 4.98 Å². The minimum absolute atomic E-state index is 0.128. The summed E-state index contributed by atoms with van der Waals surface area (Å²) in [5.74, 6) is -0.128. The molecule has 0 unspecified atom stereocenters. The van der Waals surface area contributed by atoms with Crippen LogP contribution in [-0.2, 0) is 9.53 Å². The van der Waals surface area contributed by atoms with Gasteiger partial charge in [0.25, 0.3) is 5.91 Å². The van der Waals surface area contributed by atoms with Crippen molar-refractivity contribution in [2.24, 2.45) is 0 Å². The molecule has 1 fully saturated rings. The van der Waals surface area contributed by atoms with Crippen molar-refractivity contribution in [2.75, 3.05) is 25.0 Å². The third-order valence-corrected chi connectivity index (χ3v) is 2.94. The number of hydrogen-bond donors (Lipinski definition) is 2. The van der Waals surface area contributed by atoms with E-state index < -0.39 is 6.10 Å². The lowest BCUT2D eigenvalue weighted by atomic mass is 10.3. The van der Waals surface area contributed by atoms with Crippen molar-refractivity contribution in [1.29, 1.82) is 0 Å². The van der Waals surface area contributed by atoms with Crippen molar-refractivity contribution in [1.82, 2.24) is 10.3 Å². The zero-order valence-corrected chi connectivity index (χ0v) is 9.26. The van der Waals surface area contributed by atoms with Gasteiger partial charge in [0.15, 0.2) is 5.13 Å². The lowest BCUT2D eigenvalue weighted by Gasteiger charge is -2.22. The first-order valence-electron chi connectivity index (χ1n) is 4.81. The highest BCUT2D eigenvalue weighted by molar-refractivity contribution is 7.13. The molecule has 1 aliphatic heterocycles. The quantitative estimate of drug-likeness (QED) is 0.766. The summed E-state index contributed by atoms with van der Waals surface area (Å²) < 4.78 is 5.32. The van der Waals surface area contributed by atoms with Crippen LogP contribution in [0, 0.1) is 6.92 Å². The van der Waals surface area contributed by atoms with Crippen LogP contribution in [0.25, 0.3) is 0 Å². The molecule has 0 radical (unpaired) electrons. The summed E-state index contributed by atoms with van der Waals surface area (Å²) in [5.41, 5.74) is 0.915. The smallest absolute Gasteiger partial charge is 0.256 e. The average Bonchev–Trinajstić information content (AvgIpc) is 2.65. The van der Waals surface area contributed by atoms with Crippen LogP contribution < -0.4 is 10.6 Å². The summed E-state index contributed by atoms with van der Waals surface area (Å²) in [5, 5.41) is 8.37. The van der Waals surface area contributed by atoms with Gasteiger partial charge in [0, 0.05) is 18.5 Å². The Morgan fingerprint density at radius 1 is 1.80 bits per heavy atom. The predicted molar refractivity (Wildman–Crippen MR) is 58.1 cm³/mol. The number of ether oxygens (including phenoxy) is 1. The van der Waals surface area contributed by atoms with Crippen molar-refractivity contribution < 1.29 is 9.53 Å². The Hall–Kier alpha value is -0.980. The van der Waals surface area contributed by atoms with Gasteiger partial charge in [-0.15, -0.1) is 11.3 Å². The number of aromatic nitrogens is 1. The van der Waals surface area contributed by atoms with E-state index in [1.54, 1.807) is 0 Å². The molecule has 1 saturated heterocycles. The molecule has 0 bridgehead atoms. The molecule has 15 heavy (non-hydrogen) atoms. The summed E-state index contributed by atoms with van der Waals surface area (Å²) in [6.07, 6.45) is -0.400. The van der Waals surface area contributed by atoms with Gasteiger partial charge in [0.2, 0.25) is 0 Å². The molecule has 1 aromatic heterocycles. The maximum atomic E-state index is 11.7. The number of anilines is 1. The molecule has 5 nitrogen and oxygen atoms in total. The molecule has 0 saturated carbocycles. The molecule has 0 aliphatic carbocycles. The first-order chi connectivity index (χ1) is 7.25. The van der Waals surface area contributed by atoms with E-state index in [9.17, 15) is 4.79 Å². The molecule has 1 amide bonds. The standard InChI is InChI=1S/C9H13N3O2S/c1-6-5-15-9(11-6)12-8(13)7-4-10-2-3-14-7/h5,7,10H,2-4H2,1H3,(H,11,12,13)/t7-/m0/s1. The maximum Gasteiger partial charge on any atom is 0.256 e. The Balaban J connectivity index is 1.91. The highest BCUT2D eigenvalue weighted by Crippen LogP contribution is 2.14. The second-order valence-electron chi connectivity index (χ2n) is 3.35. The van der Waals surface area contributed by atoms with Gasteiger partial charge >= 0.3 is 0 Å². The van der Waals surface area contributed by atoms with E-state index in [2.05, 4.69) is 15.6 Å². The second-order valence-corrected chi connectivity index (χ2v) is 4.20. The van der Waals surface area contributed by atoms with E-state index in [4.69, 9.17) is 4.74 Å². The minimum Gasteiger partial charge on any atom is -0.366 e. The number of nitrogens with one attached hydrogen (secondary N) is 2. The number of carbonyl (C=O) groups excluding carboxylic acids is 1. The maximum absolute atomic E-state index is 11.7. The van der Waals surface area contributed by atoms with E-state index in [0.29, 0.717) is 18.3 Å². The number of rotatable bonds is 2. The molecule has 0 aromatic carbocycles. The predicted octanol–water partition coefficient (Wildman–Crippen LogP) is 0.378. The second kappa shape index (κ2) is 4.69. The molecule has 2 rings (SSSR count). The molecular weight excluding hydrogens is 214 g/mol. The first kappa shape index (κ1) is 10.5. The number of carbonyl (C=O) groups is 1. The summed E-state index contributed by atoms with van der Waals surface area (Å²) >= 11 is 1.42. The van der Waals surface area contributed by atoms with E-state index in [0.717, 1.165) is 12.2 Å². The molecule has 2 N–H and O–H groups in total. The summed E-state index contributed by atoms with van der Waals surface area (Å²) in [6, 6.07) is 0. The number of hydrogen-bond acceptors (Lipinski definition) is 5. The van der Waals surface area contributed by atoms with Gasteiger partial charge in [-0.1, -0.05) is 0 Å². The lowest BCUT2D eigenvalue weighted by molar-refractivity contribution is -0.128. The number of nitrogens with zero attached hydrogens (tertiary/aromatic N) is 1. The monoisotopic (exact) mass is 227 g/mol. The fourth-order valence-corrected chi connectivity index (χ4v) is 2.02. The number of morpholine rings is 1. The number of thiazole rings is 1. The Labute approximate surface area is 91.9 Å². The number of aryl methyl sites for hydroxylation is 1. The highest BCUT2D eigenvalue weighted by Gasteiger charge is 2.22. The normalized spacial score (nSPS) is 21.3. The average molecular weight is 227 g/mol. The molecule has 0 spiro atoms. The fraction of sp³-hybridized carbons (Fsp3) is 0.556. The van der Waals surface area contributed by atoms with Crippen LogP contribution in [0.1, 0.15) is 5.69 Å². The Morgan fingerprint density at radius 2 is 2.67 bits per heavy atom. The zero-order chi connectivity index (χ0) is 10.7. The third-order valence-electron chi connectivity index (χ3n) is 2.07. The molecule has 82 valence electrons. The van der Waals surface area contributed by atoms with Crippen LogP contribution in [0.2, 0.25) is 0 Å². The van der Waals surface area contributed by atoms with Crippen LogP contribution >= 0.6 is 11.3 Å². The van der Waals surface area contributed by atoms with Crippen LogP contribution in [-0.4, -0.2) is 36.7 Å². The molecule has 1 aromatic rings. The first-order valence-corrected chi connectivity index (χ1v) is 5.69. The fourth-order valence-electron chi connectivity index (χ4n) is 1.33. The van der Waals surface area contributed by atoms with Crippen LogP contribution in [0.4, 0.5) is 5.13 Å². The SMILES string of the molecule is Cc1csc(NC(=O)[C@@H]2CNCCO2)n1. The van der Waals surface area contributed by atoms with Crippen molar-refractivity contribution in [3.05, 3.63) is 11.1 Å². The van der Waals surface area contributed by atoms with Gasteiger partial charge in [0.05, 0.1) is 12.3 Å². The molecular formula is C9H13N3O2S. The number of amides is 1. The summed E-state index contributed by atoms with van der Waals surface area (Å²) in [4.78, 5) is 15.8. The Kier molecular flexibility index (Phi) is 3.30. The van der Waals surface area contributed by atoms with Crippen LogP contribution in [0.15, 0.2) is 5.38 Å². The topological polar surface area (TPSA) is 63.2 Å². The van der Waals surface area contributed by atoms with E-state index in [-0.39, 0.29) is 5.91 Å². The van der Waals surface area contributed by atoms with Gasteiger partial charge in [-0.05, 0) is 6.92 Å². The van der Waals surface area contributed by atoms with Crippen LogP contribution in [0.3, 0.4) is 0 Å². The van der Waals surface area contributed by atoms with Crippen molar-refractivity contribution in [3.63, 3.8) is 0 Å². The Bertz CT molecular complexity index is 347. The highest BCUT2D eigenvalue weighted by atomic mass is 32.1. The van der Waals surface area contributed by atoms with Gasteiger partial charge in [-0.3, -0.25) is 10.1 Å². The Morgan fingerprint density at radius 3 is 3.27 bits per heavy atom. The van der Waals surface area contributed by atoms with Crippen molar-refractivity contribution in [3.8, 4) is 0 Å². The van der Waals surface area contributed by atoms with Gasteiger partial charge in [-0.2, -0.15) is 0 Å². The van der Waals surface area contributed by atoms with Crippen molar-refractivity contribution in [2.45, 2.75) is 13.0 Å². The molecule has 6 heteroatoms. The van der Waals surface area contributed by atoms with Crippen molar-refractivity contribution >= 4 is 22.4 Å². The summed E-state index contributed by atoms with van der Waals surface area (Å²) in [7, 11) is 0. The van der Waals surface area contributed by atoms with Gasteiger partial charge in [0.1, 0.15) is 6.10 Å². The summed E-state index contributed by atoms with van der Waals surface area (Å²) in [6.45, 7) is 3.84. The van der Waals surface area contributed by atoms with E-state index >= 15 is 0 Å². The molecule has 1 atom stereocenters. The third kappa shape index (κ3) is 2.74. The zero-order valence-electron chi connectivity index (χ0n) is 8.45. The van der Waals surface area contributed by atoms with Crippen LogP contribution in [0.5, 0.6) is 0 Å².